The number of carbonyl (C=O) groups is 3. The van der Waals surface area contributed by atoms with Gasteiger partial charge in [-0.3, -0.25) is 9.78 Å². The third kappa shape index (κ3) is 4.10. The number of ether oxygens (including phenoxy) is 1. The van der Waals surface area contributed by atoms with Gasteiger partial charge in [0.25, 0.3) is 0 Å². The molecule has 2 aromatic carbocycles. The molecule has 172 valence electrons. The molecule has 3 N–H and O–H groups in total. The number of nitrogens with zero attached hydrogens (tertiary/aromatic N) is 1. The molecule has 8 nitrogen and oxygen atoms in total. The molecule has 0 aliphatic heterocycles. The molecular weight excluding hydrogens is 434 g/mol. The van der Waals surface area contributed by atoms with Crippen molar-refractivity contribution in [1.82, 2.24) is 15.6 Å². The molecule has 1 saturated carbocycles. The van der Waals surface area contributed by atoms with Crippen LogP contribution in [0.2, 0.25) is 0 Å². The van der Waals surface area contributed by atoms with Gasteiger partial charge in [0.15, 0.2) is 0 Å². The first kappa shape index (κ1) is 21.6. The molecule has 1 fully saturated rings. The van der Waals surface area contributed by atoms with Crippen LogP contribution >= 0.6 is 0 Å². The van der Waals surface area contributed by atoms with E-state index < -0.39 is 17.6 Å². The highest BCUT2D eigenvalue weighted by Gasteiger charge is 2.51. The van der Waals surface area contributed by atoms with Crippen molar-refractivity contribution in [3.05, 3.63) is 89.2 Å². The monoisotopic (exact) mass is 457 g/mol. The molecule has 2 amide bonds. The maximum atomic E-state index is 12.7. The van der Waals surface area contributed by atoms with Gasteiger partial charge in [0.05, 0.1) is 17.8 Å². The summed E-state index contributed by atoms with van der Waals surface area (Å²) in [6.45, 7) is 0.234. The van der Waals surface area contributed by atoms with E-state index in [0.717, 1.165) is 22.3 Å². The van der Waals surface area contributed by atoms with Crippen molar-refractivity contribution >= 4 is 18.0 Å². The van der Waals surface area contributed by atoms with Gasteiger partial charge in [-0.05, 0) is 47.2 Å². The molecule has 0 atom stereocenters. The number of hydrogen-bond donors (Lipinski definition) is 3. The summed E-state index contributed by atoms with van der Waals surface area (Å²) in [5.74, 6) is -1.47. The fourth-order valence-electron chi connectivity index (χ4n) is 4.41. The largest absolute Gasteiger partial charge is 0.478 e. The third-order valence-electron chi connectivity index (χ3n) is 6.36. The zero-order valence-corrected chi connectivity index (χ0v) is 18.3. The summed E-state index contributed by atoms with van der Waals surface area (Å²) in [6.07, 6.45) is 1.75. The second-order valence-electron chi connectivity index (χ2n) is 8.56. The Labute approximate surface area is 196 Å². The lowest BCUT2D eigenvalue weighted by atomic mass is 9.98. The van der Waals surface area contributed by atoms with E-state index in [1.54, 1.807) is 0 Å². The van der Waals surface area contributed by atoms with Crippen LogP contribution in [0.4, 0.5) is 4.79 Å². The van der Waals surface area contributed by atoms with Gasteiger partial charge < -0.3 is 20.5 Å². The van der Waals surface area contributed by atoms with Gasteiger partial charge in [0.1, 0.15) is 12.1 Å². The molecular formula is C26H23N3O5. The Hall–Kier alpha value is -4.20. The number of carbonyl (C=O) groups excluding carboxylic acids is 2. The van der Waals surface area contributed by atoms with Crippen molar-refractivity contribution in [1.29, 1.82) is 0 Å². The third-order valence-corrected chi connectivity index (χ3v) is 6.36. The molecule has 34 heavy (non-hydrogen) atoms. The molecule has 1 aromatic heterocycles. The van der Waals surface area contributed by atoms with Crippen LogP contribution in [-0.4, -0.2) is 40.2 Å². The summed E-state index contributed by atoms with van der Waals surface area (Å²) < 4.78 is 5.56. The Morgan fingerprint density at radius 1 is 1.00 bits per heavy atom. The number of fused-ring (bicyclic) bond motifs is 3. The first-order chi connectivity index (χ1) is 16.5. The van der Waals surface area contributed by atoms with Crippen LogP contribution in [0.15, 0.2) is 66.9 Å². The summed E-state index contributed by atoms with van der Waals surface area (Å²) in [6, 6.07) is 19.0. The van der Waals surface area contributed by atoms with Gasteiger partial charge in [-0.25, -0.2) is 9.59 Å². The van der Waals surface area contributed by atoms with E-state index in [1.807, 2.05) is 36.4 Å². The maximum Gasteiger partial charge on any atom is 0.408 e. The molecule has 0 saturated heterocycles. The zero-order valence-electron chi connectivity index (χ0n) is 18.3. The van der Waals surface area contributed by atoms with Gasteiger partial charge in [0, 0.05) is 12.1 Å². The van der Waals surface area contributed by atoms with Crippen LogP contribution in [0, 0.1) is 0 Å². The minimum Gasteiger partial charge on any atom is -0.478 e. The van der Waals surface area contributed by atoms with E-state index in [-0.39, 0.29) is 30.5 Å². The number of alkyl carbamates (subject to hydrolysis) is 1. The van der Waals surface area contributed by atoms with Crippen LogP contribution in [-0.2, 0) is 16.1 Å². The smallest absolute Gasteiger partial charge is 0.408 e. The first-order valence-corrected chi connectivity index (χ1v) is 11.1. The minimum absolute atomic E-state index is 0.0604. The van der Waals surface area contributed by atoms with E-state index in [0.29, 0.717) is 18.5 Å². The van der Waals surface area contributed by atoms with Crippen molar-refractivity contribution in [2.24, 2.45) is 0 Å². The summed E-state index contributed by atoms with van der Waals surface area (Å²) >= 11 is 0. The van der Waals surface area contributed by atoms with E-state index >= 15 is 0 Å². The maximum absolute atomic E-state index is 12.7. The predicted molar refractivity (Wildman–Crippen MR) is 123 cm³/mol. The topological polar surface area (TPSA) is 118 Å². The standard InChI is InChI=1S/C26H23N3O5/c30-23(31)16-9-12-27-17(13-16)14-28-24(32)26(10-11-26)29-25(33)34-15-22-20-7-3-1-5-18(20)19-6-2-4-8-21(19)22/h1-9,12-13,22H,10-11,14-15H2,(H,28,32)(H,29,33)(H,30,31). The summed E-state index contributed by atoms with van der Waals surface area (Å²) in [4.78, 5) is 40.5. The molecule has 0 spiro atoms. The number of aromatic nitrogens is 1. The number of rotatable bonds is 7. The average Bonchev–Trinajstić information content (AvgIpc) is 3.56. The fourth-order valence-corrected chi connectivity index (χ4v) is 4.41. The number of aromatic carboxylic acids is 1. The Bertz CT molecular complexity index is 1240. The SMILES string of the molecule is O=C(NC1(C(=O)NCc2cc(C(=O)O)ccn2)CC1)OCC1c2ccccc2-c2ccccc21. The normalized spacial score (nSPS) is 15.1. The highest BCUT2D eigenvalue weighted by atomic mass is 16.5. The van der Waals surface area contributed by atoms with E-state index in [4.69, 9.17) is 9.84 Å². The highest BCUT2D eigenvalue weighted by molar-refractivity contribution is 5.93. The molecule has 8 heteroatoms. The van der Waals surface area contributed by atoms with Gasteiger partial charge in [-0.15, -0.1) is 0 Å². The number of hydrogen-bond acceptors (Lipinski definition) is 5. The molecule has 0 unspecified atom stereocenters. The molecule has 0 radical (unpaired) electrons. The van der Waals surface area contributed by atoms with Gasteiger partial charge >= 0.3 is 12.1 Å². The molecule has 1 heterocycles. The van der Waals surface area contributed by atoms with Crippen molar-refractivity contribution < 1.29 is 24.2 Å². The van der Waals surface area contributed by atoms with E-state index in [1.165, 1.54) is 18.3 Å². The lowest BCUT2D eigenvalue weighted by Gasteiger charge is -2.19. The summed E-state index contributed by atoms with van der Waals surface area (Å²) in [5, 5.41) is 14.5. The molecule has 2 aliphatic carbocycles. The second-order valence-corrected chi connectivity index (χ2v) is 8.56. The average molecular weight is 457 g/mol. The lowest BCUT2D eigenvalue weighted by molar-refractivity contribution is -0.124. The molecule has 5 rings (SSSR count). The predicted octanol–water partition coefficient (Wildman–Crippen LogP) is 3.47. The number of amides is 2. The highest BCUT2D eigenvalue weighted by Crippen LogP contribution is 2.44. The Balaban J connectivity index is 1.19. The van der Waals surface area contributed by atoms with Crippen molar-refractivity contribution in [2.75, 3.05) is 6.61 Å². The van der Waals surface area contributed by atoms with Crippen LogP contribution < -0.4 is 10.6 Å². The number of pyridine rings is 1. The van der Waals surface area contributed by atoms with Crippen LogP contribution in [0.1, 0.15) is 45.9 Å². The zero-order chi connectivity index (χ0) is 23.7. The van der Waals surface area contributed by atoms with E-state index in [9.17, 15) is 14.4 Å². The second kappa shape index (κ2) is 8.62. The van der Waals surface area contributed by atoms with Crippen molar-refractivity contribution in [3.63, 3.8) is 0 Å². The lowest BCUT2D eigenvalue weighted by Crippen LogP contribution is -2.49. The minimum atomic E-state index is -1.06. The summed E-state index contributed by atoms with van der Waals surface area (Å²) in [7, 11) is 0. The van der Waals surface area contributed by atoms with Gasteiger partial charge in [-0.1, -0.05) is 48.5 Å². The Morgan fingerprint density at radius 3 is 2.26 bits per heavy atom. The summed E-state index contributed by atoms with van der Waals surface area (Å²) in [5.41, 5.74) is 4.03. The number of benzene rings is 2. The van der Waals surface area contributed by atoms with Crippen LogP contribution in [0.5, 0.6) is 0 Å². The fraction of sp³-hybridized carbons (Fsp3) is 0.231. The number of nitrogens with one attached hydrogen (secondary N) is 2. The van der Waals surface area contributed by atoms with Crippen molar-refractivity contribution in [2.45, 2.75) is 30.8 Å². The quantitative estimate of drug-likeness (QED) is 0.500. The van der Waals surface area contributed by atoms with Gasteiger partial charge in [0.2, 0.25) is 5.91 Å². The van der Waals surface area contributed by atoms with E-state index in [2.05, 4.69) is 27.8 Å². The Morgan fingerprint density at radius 2 is 1.65 bits per heavy atom. The Kier molecular flexibility index (Phi) is 5.49. The molecule has 0 bridgehead atoms. The van der Waals surface area contributed by atoms with Gasteiger partial charge in [-0.2, -0.15) is 0 Å². The van der Waals surface area contributed by atoms with Crippen LogP contribution in [0.3, 0.4) is 0 Å². The number of carboxylic acid groups (broad SMARTS) is 1. The molecule has 2 aliphatic rings. The first-order valence-electron chi connectivity index (χ1n) is 11.1. The van der Waals surface area contributed by atoms with Crippen LogP contribution in [0.25, 0.3) is 11.1 Å². The van der Waals surface area contributed by atoms with Crippen molar-refractivity contribution in [3.8, 4) is 11.1 Å². The molecule has 3 aromatic rings. The number of carboxylic acids is 1.